The molecule has 0 fully saturated rings. The summed E-state index contributed by atoms with van der Waals surface area (Å²) in [5, 5.41) is 5.02. The number of hydrogen-bond donors (Lipinski definition) is 2. The van der Waals surface area contributed by atoms with E-state index >= 15 is 0 Å². The van der Waals surface area contributed by atoms with E-state index in [0.717, 1.165) is 28.1 Å². The number of aromatic amines is 1. The number of H-pyrrole nitrogens is 1. The molecule has 7 nitrogen and oxygen atoms in total. The van der Waals surface area contributed by atoms with Crippen molar-refractivity contribution in [3.63, 3.8) is 0 Å². The van der Waals surface area contributed by atoms with Crippen LogP contribution in [0.2, 0.25) is 0 Å². The van der Waals surface area contributed by atoms with Gasteiger partial charge < -0.3 is 5.32 Å². The van der Waals surface area contributed by atoms with Gasteiger partial charge in [0.25, 0.3) is 11.1 Å². The molecule has 2 heterocycles. The van der Waals surface area contributed by atoms with Gasteiger partial charge in [0.2, 0.25) is 5.91 Å². The number of anilines is 1. The number of pyridine rings is 1. The SMILES string of the molecule is O=C(Cn1[nH]c(=O)ccc1=O)Nc1cccc(C=Cc2ccccn2)c1. The fourth-order valence-electron chi connectivity index (χ4n) is 2.30. The molecule has 0 saturated heterocycles. The minimum Gasteiger partial charge on any atom is -0.324 e. The van der Waals surface area contributed by atoms with Gasteiger partial charge in [0, 0.05) is 24.0 Å². The molecule has 1 aromatic carbocycles. The van der Waals surface area contributed by atoms with Gasteiger partial charge in [0.05, 0.1) is 5.69 Å². The first-order valence-electron chi connectivity index (χ1n) is 7.89. The molecule has 2 aromatic heterocycles. The zero-order chi connectivity index (χ0) is 18.4. The van der Waals surface area contributed by atoms with Crippen molar-refractivity contribution in [3.8, 4) is 0 Å². The summed E-state index contributed by atoms with van der Waals surface area (Å²) >= 11 is 0. The third kappa shape index (κ3) is 4.64. The van der Waals surface area contributed by atoms with E-state index in [1.165, 1.54) is 0 Å². The molecule has 0 aliphatic heterocycles. The van der Waals surface area contributed by atoms with Gasteiger partial charge in [-0.1, -0.05) is 24.3 Å². The third-order valence-corrected chi connectivity index (χ3v) is 3.49. The highest BCUT2D eigenvalue weighted by Crippen LogP contribution is 2.13. The fraction of sp³-hybridized carbons (Fsp3) is 0.0526. The fourth-order valence-corrected chi connectivity index (χ4v) is 2.30. The first-order valence-corrected chi connectivity index (χ1v) is 7.89. The minimum atomic E-state index is -0.452. The standard InChI is InChI=1S/C19H16N4O3/c24-17-9-10-19(26)23(22-17)13-18(25)21-16-6-3-4-14(12-16)7-8-15-5-1-2-11-20-15/h1-12H,13H2,(H,21,25)(H,22,24). The Hall–Kier alpha value is -3.74. The van der Waals surface area contributed by atoms with Crippen LogP contribution in [0.25, 0.3) is 12.2 Å². The first-order chi connectivity index (χ1) is 12.6. The van der Waals surface area contributed by atoms with Crippen LogP contribution in [0.15, 0.2) is 70.4 Å². The molecule has 3 aromatic rings. The molecular weight excluding hydrogens is 332 g/mol. The molecular formula is C19H16N4O3. The van der Waals surface area contributed by atoms with Crippen molar-refractivity contribution >= 4 is 23.7 Å². The maximum Gasteiger partial charge on any atom is 0.265 e. The van der Waals surface area contributed by atoms with Crippen molar-refractivity contribution in [2.24, 2.45) is 0 Å². The zero-order valence-electron chi connectivity index (χ0n) is 13.8. The van der Waals surface area contributed by atoms with Crippen molar-refractivity contribution in [2.75, 3.05) is 5.32 Å². The van der Waals surface area contributed by atoms with Crippen LogP contribution in [0.5, 0.6) is 0 Å². The highest BCUT2D eigenvalue weighted by Gasteiger charge is 2.06. The summed E-state index contributed by atoms with van der Waals surface area (Å²) in [6.07, 6.45) is 5.47. The van der Waals surface area contributed by atoms with E-state index in [2.05, 4.69) is 15.4 Å². The van der Waals surface area contributed by atoms with E-state index in [0.29, 0.717) is 5.69 Å². The second kappa shape index (κ2) is 7.89. The van der Waals surface area contributed by atoms with Crippen molar-refractivity contribution in [3.05, 3.63) is 92.8 Å². The Balaban J connectivity index is 1.69. The van der Waals surface area contributed by atoms with Crippen molar-refractivity contribution in [1.82, 2.24) is 14.8 Å². The number of nitrogens with one attached hydrogen (secondary N) is 2. The summed E-state index contributed by atoms with van der Waals surface area (Å²) in [6, 6.07) is 15.1. The zero-order valence-corrected chi connectivity index (χ0v) is 13.8. The lowest BCUT2D eigenvalue weighted by Crippen LogP contribution is -2.32. The number of carbonyl (C=O) groups is 1. The molecule has 0 aliphatic carbocycles. The number of hydrogen-bond acceptors (Lipinski definition) is 4. The Morgan fingerprint density at radius 3 is 2.77 bits per heavy atom. The van der Waals surface area contributed by atoms with Crippen LogP contribution in [0.3, 0.4) is 0 Å². The Labute approximate surface area is 148 Å². The van der Waals surface area contributed by atoms with Crippen LogP contribution in [0, 0.1) is 0 Å². The second-order valence-corrected chi connectivity index (χ2v) is 5.50. The summed E-state index contributed by atoms with van der Waals surface area (Å²) in [7, 11) is 0. The average molecular weight is 348 g/mol. The van der Waals surface area contributed by atoms with E-state index in [4.69, 9.17) is 0 Å². The summed E-state index contributed by atoms with van der Waals surface area (Å²) in [4.78, 5) is 39.2. The molecule has 0 radical (unpaired) electrons. The van der Waals surface area contributed by atoms with E-state index in [-0.39, 0.29) is 6.54 Å². The van der Waals surface area contributed by atoms with Gasteiger partial charge in [-0.05, 0) is 35.9 Å². The molecule has 0 spiro atoms. The lowest BCUT2D eigenvalue weighted by Gasteiger charge is -2.07. The number of aromatic nitrogens is 3. The Morgan fingerprint density at radius 2 is 1.96 bits per heavy atom. The maximum absolute atomic E-state index is 12.1. The lowest BCUT2D eigenvalue weighted by molar-refractivity contribution is -0.117. The quantitative estimate of drug-likeness (QED) is 0.734. The molecule has 7 heteroatoms. The number of nitrogens with zero attached hydrogens (tertiary/aromatic N) is 2. The number of rotatable bonds is 5. The molecule has 0 saturated carbocycles. The predicted octanol–water partition coefficient (Wildman–Crippen LogP) is 1.74. The van der Waals surface area contributed by atoms with Crippen LogP contribution in [0.4, 0.5) is 5.69 Å². The molecule has 0 atom stereocenters. The van der Waals surface area contributed by atoms with Gasteiger partial charge in [-0.25, -0.2) is 4.68 Å². The Morgan fingerprint density at radius 1 is 1.08 bits per heavy atom. The summed E-state index contributed by atoms with van der Waals surface area (Å²) in [6.45, 7) is -0.275. The Kier molecular flexibility index (Phi) is 5.19. The lowest BCUT2D eigenvalue weighted by atomic mass is 10.1. The van der Waals surface area contributed by atoms with Gasteiger partial charge in [-0.2, -0.15) is 0 Å². The topological polar surface area (TPSA) is 96.9 Å². The molecule has 3 rings (SSSR count). The molecule has 1 amide bonds. The monoisotopic (exact) mass is 348 g/mol. The highest BCUT2D eigenvalue weighted by molar-refractivity contribution is 5.91. The van der Waals surface area contributed by atoms with Crippen LogP contribution < -0.4 is 16.4 Å². The Bertz CT molecular complexity index is 1050. The average Bonchev–Trinajstić information content (AvgIpc) is 2.64. The van der Waals surface area contributed by atoms with Gasteiger partial charge in [-0.15, -0.1) is 0 Å². The molecule has 0 unspecified atom stereocenters. The molecule has 0 aliphatic rings. The third-order valence-electron chi connectivity index (χ3n) is 3.49. The summed E-state index contributed by atoms with van der Waals surface area (Å²) in [5.74, 6) is -0.417. The molecule has 26 heavy (non-hydrogen) atoms. The van der Waals surface area contributed by atoms with Crippen LogP contribution >= 0.6 is 0 Å². The van der Waals surface area contributed by atoms with Crippen LogP contribution in [-0.4, -0.2) is 20.7 Å². The summed E-state index contributed by atoms with van der Waals surface area (Å²) in [5.41, 5.74) is 1.41. The second-order valence-electron chi connectivity index (χ2n) is 5.50. The van der Waals surface area contributed by atoms with Crippen molar-refractivity contribution in [1.29, 1.82) is 0 Å². The van der Waals surface area contributed by atoms with E-state index in [1.54, 1.807) is 18.3 Å². The van der Waals surface area contributed by atoms with Crippen LogP contribution in [0.1, 0.15) is 11.3 Å². The van der Waals surface area contributed by atoms with Gasteiger partial charge >= 0.3 is 0 Å². The first kappa shape index (κ1) is 17.1. The highest BCUT2D eigenvalue weighted by atomic mass is 16.2. The van der Waals surface area contributed by atoms with E-state index in [1.807, 2.05) is 42.5 Å². The van der Waals surface area contributed by atoms with E-state index < -0.39 is 17.0 Å². The van der Waals surface area contributed by atoms with Gasteiger partial charge in [0.1, 0.15) is 6.54 Å². The summed E-state index contributed by atoms with van der Waals surface area (Å²) < 4.78 is 0.961. The molecule has 130 valence electrons. The maximum atomic E-state index is 12.1. The van der Waals surface area contributed by atoms with E-state index in [9.17, 15) is 14.4 Å². The normalized spacial score (nSPS) is 10.8. The number of amides is 1. The predicted molar refractivity (Wildman–Crippen MR) is 99.6 cm³/mol. The van der Waals surface area contributed by atoms with Crippen molar-refractivity contribution in [2.45, 2.75) is 6.54 Å². The molecule has 2 N–H and O–H groups in total. The van der Waals surface area contributed by atoms with Gasteiger partial charge in [-0.3, -0.25) is 24.5 Å². The van der Waals surface area contributed by atoms with Crippen molar-refractivity contribution < 1.29 is 4.79 Å². The number of benzene rings is 1. The largest absolute Gasteiger partial charge is 0.324 e. The van der Waals surface area contributed by atoms with Crippen LogP contribution in [-0.2, 0) is 11.3 Å². The minimum absolute atomic E-state index is 0.275. The number of carbonyl (C=O) groups excluding carboxylic acids is 1. The molecule has 0 bridgehead atoms. The van der Waals surface area contributed by atoms with Gasteiger partial charge in [0.15, 0.2) is 0 Å². The smallest absolute Gasteiger partial charge is 0.265 e.